The Kier molecular flexibility index (Phi) is 5.69. The quantitative estimate of drug-likeness (QED) is 0.749. The van der Waals surface area contributed by atoms with Gasteiger partial charge in [-0.3, -0.25) is 4.79 Å². The van der Waals surface area contributed by atoms with Crippen LogP contribution in [0.4, 0.5) is 0 Å². The number of amides is 1. The summed E-state index contributed by atoms with van der Waals surface area (Å²) in [7, 11) is -3.20. The molecule has 1 N–H and O–H groups in total. The van der Waals surface area contributed by atoms with E-state index in [1.165, 1.54) is 0 Å². The van der Waals surface area contributed by atoms with Crippen molar-refractivity contribution in [3.63, 3.8) is 0 Å². The normalized spacial score (nSPS) is 21.5. The molecule has 0 aliphatic carbocycles. The molecule has 1 saturated heterocycles. The molecule has 1 unspecified atom stereocenters. The topological polar surface area (TPSA) is 66.5 Å². The molecule has 0 saturated carbocycles. The summed E-state index contributed by atoms with van der Waals surface area (Å²) in [4.78, 5) is 13.6. The van der Waals surface area contributed by atoms with E-state index in [0.717, 1.165) is 25.5 Å². The molecule has 0 aromatic carbocycles. The summed E-state index contributed by atoms with van der Waals surface area (Å²) in [5, 5.41) is 0. The molecule has 0 bridgehead atoms. The highest BCUT2D eigenvalue weighted by Crippen LogP contribution is 2.17. The third-order valence-electron chi connectivity index (χ3n) is 2.84. The number of hydrogen-bond acceptors (Lipinski definition) is 3. The second-order valence-electron chi connectivity index (χ2n) is 4.30. The Morgan fingerprint density at radius 3 is 2.76 bits per heavy atom. The fourth-order valence-electron chi connectivity index (χ4n) is 2.01. The van der Waals surface area contributed by atoms with Crippen molar-refractivity contribution < 1.29 is 13.2 Å². The van der Waals surface area contributed by atoms with E-state index in [4.69, 9.17) is 11.6 Å². The predicted octanol–water partition coefficient (Wildman–Crippen LogP) is 0.546. The average Bonchev–Trinajstić information content (AvgIpc) is 2.26. The van der Waals surface area contributed by atoms with Crippen molar-refractivity contribution in [3.05, 3.63) is 0 Å². The van der Waals surface area contributed by atoms with Crippen LogP contribution in [0.15, 0.2) is 0 Å². The zero-order valence-electron chi connectivity index (χ0n) is 9.99. The largest absolute Gasteiger partial charge is 0.338 e. The van der Waals surface area contributed by atoms with Crippen LogP contribution in [0.25, 0.3) is 0 Å². The van der Waals surface area contributed by atoms with Gasteiger partial charge in [-0.05, 0) is 19.3 Å². The number of rotatable bonds is 5. The van der Waals surface area contributed by atoms with Crippen molar-refractivity contribution >= 4 is 27.5 Å². The summed E-state index contributed by atoms with van der Waals surface area (Å²) in [6.07, 6.45) is 4.29. The summed E-state index contributed by atoms with van der Waals surface area (Å²) < 4.78 is 24.5. The number of nitrogens with one attached hydrogen (secondary N) is 1. The highest BCUT2D eigenvalue weighted by atomic mass is 35.5. The van der Waals surface area contributed by atoms with E-state index in [0.29, 0.717) is 25.4 Å². The number of carbonyl (C=O) groups is 1. The molecule has 1 aliphatic rings. The first-order chi connectivity index (χ1) is 7.94. The minimum atomic E-state index is -3.20. The molecule has 5 nitrogen and oxygen atoms in total. The van der Waals surface area contributed by atoms with Crippen molar-refractivity contribution in [2.75, 3.05) is 25.2 Å². The van der Waals surface area contributed by atoms with Crippen LogP contribution in [0.3, 0.4) is 0 Å². The fourth-order valence-corrected chi connectivity index (χ4v) is 2.67. The van der Waals surface area contributed by atoms with Crippen molar-refractivity contribution in [3.8, 4) is 0 Å². The first-order valence-electron chi connectivity index (χ1n) is 5.74. The third-order valence-corrected chi connectivity index (χ3v) is 3.72. The molecule has 17 heavy (non-hydrogen) atoms. The van der Waals surface area contributed by atoms with Gasteiger partial charge in [0.25, 0.3) is 0 Å². The zero-order chi connectivity index (χ0) is 12.9. The molecule has 0 spiro atoms. The second-order valence-corrected chi connectivity index (χ2v) is 6.51. The minimum absolute atomic E-state index is 0.0139. The Balaban J connectivity index is 2.56. The lowest BCUT2D eigenvalue weighted by Crippen LogP contribution is -2.49. The molecule has 0 aromatic rings. The van der Waals surface area contributed by atoms with Gasteiger partial charge in [0.05, 0.1) is 6.26 Å². The van der Waals surface area contributed by atoms with Gasteiger partial charge in [-0.15, -0.1) is 11.6 Å². The molecule has 0 radical (unpaired) electrons. The molecule has 1 rings (SSSR count). The average molecular weight is 283 g/mol. The van der Waals surface area contributed by atoms with Crippen LogP contribution in [0.2, 0.25) is 0 Å². The van der Waals surface area contributed by atoms with Crippen molar-refractivity contribution in [2.45, 2.75) is 31.7 Å². The lowest BCUT2D eigenvalue weighted by Gasteiger charge is -2.35. The first kappa shape index (κ1) is 14.7. The maximum atomic E-state index is 11.8. The van der Waals surface area contributed by atoms with Gasteiger partial charge in [-0.2, -0.15) is 0 Å². The van der Waals surface area contributed by atoms with E-state index >= 15 is 0 Å². The Morgan fingerprint density at radius 1 is 1.47 bits per heavy atom. The molecule has 1 heterocycles. The number of sulfonamides is 1. The summed E-state index contributed by atoms with van der Waals surface area (Å²) >= 11 is 5.55. The number of nitrogens with zero attached hydrogens (tertiary/aromatic N) is 1. The van der Waals surface area contributed by atoms with Gasteiger partial charge in [0.15, 0.2) is 0 Å². The summed E-state index contributed by atoms with van der Waals surface area (Å²) in [5.41, 5.74) is 0. The van der Waals surface area contributed by atoms with Crippen molar-refractivity contribution in [1.82, 2.24) is 9.62 Å². The number of piperidine rings is 1. The second kappa shape index (κ2) is 6.56. The van der Waals surface area contributed by atoms with Gasteiger partial charge in [-0.1, -0.05) is 0 Å². The summed E-state index contributed by atoms with van der Waals surface area (Å²) in [6, 6.07) is -0.0332. The summed E-state index contributed by atoms with van der Waals surface area (Å²) in [5.74, 6) is 0.321. The molecule has 1 atom stereocenters. The predicted molar refractivity (Wildman–Crippen MR) is 67.5 cm³/mol. The Bertz CT molecular complexity index is 359. The number of alkyl halides is 1. The van der Waals surface area contributed by atoms with E-state index < -0.39 is 10.0 Å². The first-order valence-corrected chi connectivity index (χ1v) is 8.16. The van der Waals surface area contributed by atoms with E-state index in [2.05, 4.69) is 4.72 Å². The van der Waals surface area contributed by atoms with E-state index in [-0.39, 0.29) is 11.9 Å². The number of likely N-dealkylation sites (tertiary alicyclic amines) is 1. The van der Waals surface area contributed by atoms with Crippen LogP contribution < -0.4 is 4.72 Å². The molecular formula is C10H19ClN2O3S. The number of hydrogen-bond donors (Lipinski definition) is 1. The van der Waals surface area contributed by atoms with E-state index in [1.807, 2.05) is 0 Å². The van der Waals surface area contributed by atoms with Gasteiger partial charge in [0, 0.05) is 31.4 Å². The molecule has 0 aromatic heterocycles. The van der Waals surface area contributed by atoms with Gasteiger partial charge >= 0.3 is 0 Å². The molecule has 100 valence electrons. The highest BCUT2D eigenvalue weighted by molar-refractivity contribution is 7.88. The van der Waals surface area contributed by atoms with Crippen LogP contribution in [0.5, 0.6) is 0 Å². The third kappa shape index (κ3) is 5.23. The molecule has 1 amide bonds. The molecule has 1 fully saturated rings. The summed E-state index contributed by atoms with van der Waals surface area (Å²) in [6.45, 7) is 0.999. The van der Waals surface area contributed by atoms with Crippen molar-refractivity contribution in [1.29, 1.82) is 0 Å². The Morgan fingerprint density at radius 2 is 2.18 bits per heavy atom. The molecule has 7 heteroatoms. The molecular weight excluding hydrogens is 264 g/mol. The maximum absolute atomic E-state index is 11.8. The fraction of sp³-hybridized carbons (Fsp3) is 0.900. The van der Waals surface area contributed by atoms with Gasteiger partial charge < -0.3 is 4.90 Å². The lowest BCUT2D eigenvalue weighted by molar-refractivity contribution is -0.134. The zero-order valence-corrected chi connectivity index (χ0v) is 11.6. The van der Waals surface area contributed by atoms with E-state index in [9.17, 15) is 13.2 Å². The SMILES string of the molecule is CS(=O)(=O)NCC1CCCCN1C(=O)CCCl. The van der Waals surface area contributed by atoms with Gasteiger partial charge in [0.1, 0.15) is 0 Å². The Labute approximate surface area is 108 Å². The van der Waals surface area contributed by atoms with Crippen LogP contribution in [0, 0.1) is 0 Å². The van der Waals surface area contributed by atoms with Crippen LogP contribution in [-0.4, -0.2) is 50.5 Å². The van der Waals surface area contributed by atoms with Crippen LogP contribution in [-0.2, 0) is 14.8 Å². The lowest BCUT2D eigenvalue weighted by atomic mass is 10.0. The minimum Gasteiger partial charge on any atom is -0.338 e. The number of carbonyl (C=O) groups excluding carboxylic acids is 1. The molecule has 1 aliphatic heterocycles. The number of halogens is 1. The monoisotopic (exact) mass is 282 g/mol. The standard InChI is InChI=1S/C10H19ClN2O3S/c1-17(15,16)12-8-9-4-2-3-7-13(9)10(14)5-6-11/h9,12H,2-8H2,1H3. The van der Waals surface area contributed by atoms with Crippen LogP contribution in [0.1, 0.15) is 25.7 Å². The van der Waals surface area contributed by atoms with Gasteiger partial charge in [0.2, 0.25) is 15.9 Å². The van der Waals surface area contributed by atoms with Gasteiger partial charge in [-0.25, -0.2) is 13.1 Å². The van der Waals surface area contributed by atoms with Crippen LogP contribution >= 0.6 is 11.6 Å². The maximum Gasteiger partial charge on any atom is 0.224 e. The smallest absolute Gasteiger partial charge is 0.224 e. The van der Waals surface area contributed by atoms with E-state index in [1.54, 1.807) is 4.90 Å². The highest BCUT2D eigenvalue weighted by Gasteiger charge is 2.26. The van der Waals surface area contributed by atoms with Crippen molar-refractivity contribution in [2.24, 2.45) is 0 Å². The Hall–Kier alpha value is -0.330.